The lowest BCUT2D eigenvalue weighted by atomic mass is 10.0. The summed E-state index contributed by atoms with van der Waals surface area (Å²) >= 11 is 0. The molecule has 0 spiro atoms. The molecule has 1 atom stereocenters. The number of likely N-dealkylation sites (N-methyl/N-ethyl adjacent to an activating group) is 1. The number of rotatable bonds is 5. The van der Waals surface area contributed by atoms with E-state index in [9.17, 15) is 0 Å². The third-order valence-corrected chi connectivity index (χ3v) is 2.32. The summed E-state index contributed by atoms with van der Waals surface area (Å²) < 4.78 is 5.45. The van der Waals surface area contributed by atoms with Gasteiger partial charge in [0.1, 0.15) is 5.72 Å². The third kappa shape index (κ3) is 3.10. The van der Waals surface area contributed by atoms with Crippen molar-refractivity contribution in [3.05, 3.63) is 35.9 Å². The van der Waals surface area contributed by atoms with Crippen molar-refractivity contribution in [1.29, 1.82) is 0 Å². The van der Waals surface area contributed by atoms with Crippen LogP contribution >= 0.6 is 0 Å². The summed E-state index contributed by atoms with van der Waals surface area (Å²) in [6, 6.07) is 10.2. The predicted molar refractivity (Wildman–Crippen MR) is 57.8 cm³/mol. The average molecular weight is 194 g/mol. The molecule has 3 N–H and O–H groups in total. The standard InChI is InChI=1S/C11H18N2O/c1-11(13-2,14-9-12)8-10-6-4-3-5-7-10/h3-7,13H,8-9,12H2,1-2H3. The van der Waals surface area contributed by atoms with Crippen LogP contribution in [0.15, 0.2) is 30.3 Å². The second-order valence-corrected chi connectivity index (χ2v) is 3.45. The second-order valence-electron chi connectivity index (χ2n) is 3.45. The smallest absolute Gasteiger partial charge is 0.121 e. The molecule has 0 aliphatic carbocycles. The fourth-order valence-corrected chi connectivity index (χ4v) is 1.38. The van der Waals surface area contributed by atoms with E-state index >= 15 is 0 Å². The Bertz CT molecular complexity index is 263. The minimum atomic E-state index is -0.379. The van der Waals surface area contributed by atoms with Gasteiger partial charge in [0.05, 0.1) is 6.73 Å². The number of hydrogen-bond donors (Lipinski definition) is 2. The van der Waals surface area contributed by atoms with Crippen molar-refractivity contribution < 1.29 is 4.74 Å². The Hall–Kier alpha value is -0.900. The highest BCUT2D eigenvalue weighted by molar-refractivity contribution is 5.16. The maximum Gasteiger partial charge on any atom is 0.121 e. The molecular weight excluding hydrogens is 176 g/mol. The maximum atomic E-state index is 5.45. The lowest BCUT2D eigenvalue weighted by molar-refractivity contribution is -0.0486. The molecule has 3 nitrogen and oxygen atoms in total. The first-order chi connectivity index (χ1) is 6.70. The van der Waals surface area contributed by atoms with E-state index in [1.165, 1.54) is 5.56 Å². The SMILES string of the molecule is CNC(C)(Cc1ccccc1)OCN. The van der Waals surface area contributed by atoms with Crippen LogP contribution in [0, 0.1) is 0 Å². The third-order valence-electron chi connectivity index (χ3n) is 2.32. The Balaban J connectivity index is 2.65. The molecule has 0 amide bonds. The largest absolute Gasteiger partial charge is 0.346 e. The van der Waals surface area contributed by atoms with E-state index in [2.05, 4.69) is 17.4 Å². The minimum absolute atomic E-state index is 0.226. The van der Waals surface area contributed by atoms with Gasteiger partial charge >= 0.3 is 0 Å². The van der Waals surface area contributed by atoms with Gasteiger partial charge in [-0.05, 0) is 19.5 Å². The number of hydrogen-bond acceptors (Lipinski definition) is 3. The maximum absolute atomic E-state index is 5.45. The first-order valence-electron chi connectivity index (χ1n) is 4.77. The summed E-state index contributed by atoms with van der Waals surface area (Å²) in [4.78, 5) is 0. The van der Waals surface area contributed by atoms with E-state index in [0.717, 1.165) is 6.42 Å². The molecule has 1 aromatic rings. The fourth-order valence-electron chi connectivity index (χ4n) is 1.38. The summed E-state index contributed by atoms with van der Waals surface area (Å²) in [7, 11) is 1.87. The number of nitrogens with one attached hydrogen (secondary N) is 1. The Morgan fingerprint density at radius 3 is 2.50 bits per heavy atom. The van der Waals surface area contributed by atoms with Crippen LogP contribution in [0.25, 0.3) is 0 Å². The van der Waals surface area contributed by atoms with E-state index in [-0.39, 0.29) is 12.5 Å². The van der Waals surface area contributed by atoms with Gasteiger partial charge in [-0.2, -0.15) is 0 Å². The second kappa shape index (κ2) is 5.10. The van der Waals surface area contributed by atoms with Crippen LogP contribution in [0.1, 0.15) is 12.5 Å². The first kappa shape index (κ1) is 11.2. The van der Waals surface area contributed by atoms with Crippen molar-refractivity contribution in [2.24, 2.45) is 5.73 Å². The first-order valence-corrected chi connectivity index (χ1v) is 4.77. The highest BCUT2D eigenvalue weighted by atomic mass is 16.5. The summed E-state index contributed by atoms with van der Waals surface area (Å²) in [5, 5.41) is 3.13. The highest BCUT2D eigenvalue weighted by Gasteiger charge is 2.22. The summed E-state index contributed by atoms with van der Waals surface area (Å²) in [6.45, 7) is 2.22. The van der Waals surface area contributed by atoms with Crippen LogP contribution in [0.5, 0.6) is 0 Å². The molecule has 1 rings (SSSR count). The molecule has 1 aromatic carbocycles. The van der Waals surface area contributed by atoms with Gasteiger partial charge in [0, 0.05) is 6.42 Å². The molecule has 0 radical (unpaired) electrons. The fraction of sp³-hybridized carbons (Fsp3) is 0.455. The van der Waals surface area contributed by atoms with E-state index in [1.54, 1.807) is 0 Å². The molecule has 14 heavy (non-hydrogen) atoms. The zero-order valence-electron chi connectivity index (χ0n) is 8.79. The van der Waals surface area contributed by atoms with Gasteiger partial charge in [0.25, 0.3) is 0 Å². The zero-order valence-corrected chi connectivity index (χ0v) is 8.79. The van der Waals surface area contributed by atoms with Gasteiger partial charge in [-0.15, -0.1) is 0 Å². The van der Waals surface area contributed by atoms with Crippen molar-refractivity contribution in [2.75, 3.05) is 13.8 Å². The van der Waals surface area contributed by atoms with Crippen LogP contribution < -0.4 is 11.1 Å². The van der Waals surface area contributed by atoms with Crippen LogP contribution in [0.2, 0.25) is 0 Å². The van der Waals surface area contributed by atoms with Crippen LogP contribution in [-0.4, -0.2) is 19.5 Å². The van der Waals surface area contributed by atoms with Gasteiger partial charge in [-0.25, -0.2) is 0 Å². The molecule has 0 heterocycles. The zero-order chi connectivity index (χ0) is 10.4. The van der Waals surface area contributed by atoms with Crippen molar-refractivity contribution in [3.8, 4) is 0 Å². The normalized spacial score (nSPS) is 15.1. The predicted octanol–water partition coefficient (Wildman–Crippen LogP) is 1.10. The minimum Gasteiger partial charge on any atom is -0.346 e. The molecule has 1 unspecified atom stereocenters. The lowest BCUT2D eigenvalue weighted by Gasteiger charge is -2.28. The van der Waals surface area contributed by atoms with Crippen molar-refractivity contribution in [1.82, 2.24) is 5.32 Å². The van der Waals surface area contributed by atoms with E-state index in [1.807, 2.05) is 32.2 Å². The molecule has 0 saturated carbocycles. The summed E-state index contributed by atoms with van der Waals surface area (Å²) in [5.74, 6) is 0. The highest BCUT2D eigenvalue weighted by Crippen LogP contribution is 2.13. The Labute approximate surface area is 85.3 Å². The van der Waals surface area contributed by atoms with Gasteiger partial charge < -0.3 is 10.5 Å². The summed E-state index contributed by atoms with van der Waals surface area (Å²) in [6.07, 6.45) is 0.807. The van der Waals surface area contributed by atoms with Crippen LogP contribution in [0.4, 0.5) is 0 Å². The van der Waals surface area contributed by atoms with Gasteiger partial charge in [0.2, 0.25) is 0 Å². The molecule has 0 aromatic heterocycles. The Morgan fingerprint density at radius 1 is 1.36 bits per heavy atom. The van der Waals surface area contributed by atoms with Gasteiger partial charge in [0.15, 0.2) is 0 Å². The van der Waals surface area contributed by atoms with E-state index in [0.29, 0.717) is 0 Å². The van der Waals surface area contributed by atoms with Gasteiger partial charge in [-0.1, -0.05) is 30.3 Å². The molecule has 78 valence electrons. The van der Waals surface area contributed by atoms with E-state index in [4.69, 9.17) is 10.5 Å². The van der Waals surface area contributed by atoms with E-state index < -0.39 is 0 Å². The molecule has 0 bridgehead atoms. The van der Waals surface area contributed by atoms with Crippen LogP contribution in [-0.2, 0) is 11.2 Å². The number of ether oxygens (including phenoxy) is 1. The quantitative estimate of drug-likeness (QED) is 0.690. The van der Waals surface area contributed by atoms with Crippen molar-refractivity contribution in [3.63, 3.8) is 0 Å². The monoisotopic (exact) mass is 194 g/mol. The molecular formula is C11H18N2O. The Morgan fingerprint density at radius 2 is 2.00 bits per heavy atom. The Kier molecular flexibility index (Phi) is 4.07. The average Bonchev–Trinajstić information content (AvgIpc) is 2.20. The lowest BCUT2D eigenvalue weighted by Crippen LogP contribution is -2.45. The molecule has 0 aliphatic rings. The molecule has 3 heteroatoms. The molecule has 0 aliphatic heterocycles. The number of benzene rings is 1. The number of nitrogens with two attached hydrogens (primary N) is 1. The molecule has 0 fully saturated rings. The van der Waals surface area contributed by atoms with Crippen molar-refractivity contribution in [2.45, 2.75) is 19.1 Å². The topological polar surface area (TPSA) is 47.3 Å². The summed E-state index contributed by atoms with van der Waals surface area (Å²) in [5.41, 5.74) is 6.24. The van der Waals surface area contributed by atoms with Crippen molar-refractivity contribution >= 4 is 0 Å². The molecule has 0 saturated heterocycles. The van der Waals surface area contributed by atoms with Crippen LogP contribution in [0.3, 0.4) is 0 Å². The van der Waals surface area contributed by atoms with Gasteiger partial charge in [-0.3, -0.25) is 5.32 Å².